The average molecular weight is 140 g/mol. The monoisotopic (exact) mass is 140 g/mol. The first kappa shape index (κ1) is 6.35. The quantitative estimate of drug-likeness (QED) is 0.543. The van der Waals surface area contributed by atoms with E-state index in [9.17, 15) is 4.79 Å². The Kier molecular flexibility index (Phi) is 1.31. The van der Waals surface area contributed by atoms with Crippen molar-refractivity contribution in [3.8, 4) is 0 Å². The van der Waals surface area contributed by atoms with Gasteiger partial charge in [0.2, 0.25) is 0 Å². The number of fused-ring (bicyclic) bond motifs is 2. The molecule has 56 valence electrons. The molecule has 0 aromatic rings. The molecule has 0 aliphatic heterocycles. The number of carbonyl (C=O) groups excluding carboxylic acids is 1. The Morgan fingerprint density at radius 1 is 1.50 bits per heavy atom. The molecular formula is C8H12O2. The molecule has 0 spiro atoms. The van der Waals surface area contributed by atoms with Crippen LogP contribution in [-0.4, -0.2) is 19.0 Å². The minimum atomic E-state index is 0.259. The summed E-state index contributed by atoms with van der Waals surface area (Å²) in [7, 11) is 1.72. The Hall–Kier alpha value is -0.370. The van der Waals surface area contributed by atoms with Crippen LogP contribution in [-0.2, 0) is 9.53 Å². The minimum absolute atomic E-state index is 0.259. The van der Waals surface area contributed by atoms with Crippen LogP contribution in [0.15, 0.2) is 0 Å². The van der Waals surface area contributed by atoms with Gasteiger partial charge in [-0.2, -0.15) is 0 Å². The molecule has 2 nitrogen and oxygen atoms in total. The van der Waals surface area contributed by atoms with E-state index in [2.05, 4.69) is 0 Å². The third kappa shape index (κ3) is 0.655. The van der Waals surface area contributed by atoms with E-state index >= 15 is 0 Å². The molecule has 2 rings (SSSR count). The summed E-state index contributed by atoms with van der Waals surface area (Å²) in [5.74, 6) is 1.25. The smallest absolute Gasteiger partial charge is 0.138 e. The maximum absolute atomic E-state index is 11.1. The molecule has 0 saturated heterocycles. The highest BCUT2D eigenvalue weighted by Crippen LogP contribution is 2.43. The average Bonchev–Trinajstić information content (AvgIpc) is 2.42. The first-order valence-electron chi connectivity index (χ1n) is 3.88. The predicted octanol–water partition coefficient (Wildman–Crippen LogP) is 1.00. The van der Waals surface area contributed by atoms with Crippen molar-refractivity contribution < 1.29 is 9.53 Å². The third-order valence-electron chi connectivity index (χ3n) is 2.86. The van der Waals surface area contributed by atoms with E-state index in [4.69, 9.17) is 4.74 Å². The lowest BCUT2D eigenvalue weighted by Gasteiger charge is -2.10. The number of ether oxygens (including phenoxy) is 1. The standard InChI is InChI=1S/C8H12O2/c1-10-8-5-2-3-6(8)7(9)4-5/h5-6,8H,2-4H2,1H3. The molecule has 3 atom stereocenters. The van der Waals surface area contributed by atoms with Crippen molar-refractivity contribution >= 4 is 5.78 Å². The maximum atomic E-state index is 11.1. The summed E-state index contributed by atoms with van der Waals surface area (Å²) in [5, 5.41) is 0. The second-order valence-corrected chi connectivity index (χ2v) is 3.31. The van der Waals surface area contributed by atoms with Gasteiger partial charge in [-0.15, -0.1) is 0 Å². The molecule has 10 heavy (non-hydrogen) atoms. The number of hydrogen-bond donors (Lipinski definition) is 0. The van der Waals surface area contributed by atoms with Crippen LogP contribution in [0.4, 0.5) is 0 Å². The summed E-state index contributed by atoms with van der Waals surface area (Å²) in [5.41, 5.74) is 0. The Labute approximate surface area is 60.6 Å². The topological polar surface area (TPSA) is 26.3 Å². The van der Waals surface area contributed by atoms with Gasteiger partial charge in [0, 0.05) is 19.4 Å². The molecule has 0 aromatic carbocycles. The van der Waals surface area contributed by atoms with Crippen molar-refractivity contribution in [2.24, 2.45) is 11.8 Å². The molecule has 2 aliphatic rings. The Bertz CT molecular complexity index is 165. The van der Waals surface area contributed by atoms with E-state index in [1.54, 1.807) is 7.11 Å². The van der Waals surface area contributed by atoms with Crippen molar-refractivity contribution in [1.29, 1.82) is 0 Å². The number of ketones is 1. The first-order valence-corrected chi connectivity index (χ1v) is 3.88. The molecule has 0 amide bonds. The molecule has 0 aromatic heterocycles. The van der Waals surface area contributed by atoms with Crippen molar-refractivity contribution in [2.75, 3.05) is 7.11 Å². The van der Waals surface area contributed by atoms with Gasteiger partial charge in [-0.1, -0.05) is 0 Å². The van der Waals surface area contributed by atoms with Crippen LogP contribution in [0, 0.1) is 11.8 Å². The zero-order valence-corrected chi connectivity index (χ0v) is 6.17. The SMILES string of the molecule is COC1C2CCC1C(=O)C2. The van der Waals surface area contributed by atoms with Gasteiger partial charge in [0.05, 0.1) is 6.10 Å². The number of methoxy groups -OCH3 is 1. The minimum Gasteiger partial charge on any atom is -0.380 e. The largest absolute Gasteiger partial charge is 0.380 e. The molecule has 2 aliphatic carbocycles. The van der Waals surface area contributed by atoms with Crippen LogP contribution >= 0.6 is 0 Å². The van der Waals surface area contributed by atoms with E-state index in [-0.39, 0.29) is 12.0 Å². The van der Waals surface area contributed by atoms with Crippen LogP contribution in [0.3, 0.4) is 0 Å². The number of Topliss-reactive ketones (excluding diaryl/α,β-unsaturated/α-hetero) is 1. The molecule has 3 unspecified atom stereocenters. The van der Waals surface area contributed by atoms with Crippen molar-refractivity contribution in [1.82, 2.24) is 0 Å². The van der Waals surface area contributed by atoms with E-state index in [1.807, 2.05) is 0 Å². The van der Waals surface area contributed by atoms with Gasteiger partial charge in [-0.25, -0.2) is 0 Å². The van der Waals surface area contributed by atoms with E-state index in [0.29, 0.717) is 11.7 Å². The van der Waals surface area contributed by atoms with Crippen LogP contribution in [0.5, 0.6) is 0 Å². The predicted molar refractivity (Wildman–Crippen MR) is 36.6 cm³/mol. The first-order chi connectivity index (χ1) is 4.83. The van der Waals surface area contributed by atoms with Crippen LogP contribution < -0.4 is 0 Å². The Balaban J connectivity index is 2.18. The summed E-state index contributed by atoms with van der Waals surface area (Å²) in [6, 6.07) is 0. The zero-order chi connectivity index (χ0) is 7.14. The van der Waals surface area contributed by atoms with Crippen LogP contribution in [0.25, 0.3) is 0 Å². The fourth-order valence-electron chi connectivity index (χ4n) is 2.38. The highest BCUT2D eigenvalue weighted by molar-refractivity contribution is 5.85. The summed E-state index contributed by atoms with van der Waals surface area (Å²) >= 11 is 0. The zero-order valence-electron chi connectivity index (χ0n) is 6.17. The number of hydrogen-bond acceptors (Lipinski definition) is 2. The third-order valence-corrected chi connectivity index (χ3v) is 2.86. The van der Waals surface area contributed by atoms with Crippen LogP contribution in [0.1, 0.15) is 19.3 Å². The fraction of sp³-hybridized carbons (Fsp3) is 0.875. The van der Waals surface area contributed by atoms with Gasteiger partial charge in [0.25, 0.3) is 0 Å². The molecule has 0 radical (unpaired) electrons. The van der Waals surface area contributed by atoms with E-state index < -0.39 is 0 Å². The van der Waals surface area contributed by atoms with Crippen molar-refractivity contribution in [3.63, 3.8) is 0 Å². The summed E-state index contributed by atoms with van der Waals surface area (Å²) in [6.07, 6.45) is 3.33. The second-order valence-electron chi connectivity index (χ2n) is 3.31. The van der Waals surface area contributed by atoms with Crippen LogP contribution in [0.2, 0.25) is 0 Å². The molecule has 2 heteroatoms. The lowest BCUT2D eigenvalue weighted by atomic mass is 10.00. The summed E-state index contributed by atoms with van der Waals surface area (Å²) < 4.78 is 5.25. The van der Waals surface area contributed by atoms with Crippen molar-refractivity contribution in [2.45, 2.75) is 25.4 Å². The number of carbonyl (C=O) groups is 1. The molecule has 0 heterocycles. The normalized spacial score (nSPS) is 44.9. The van der Waals surface area contributed by atoms with Gasteiger partial charge < -0.3 is 4.74 Å². The molecular weight excluding hydrogens is 128 g/mol. The number of rotatable bonds is 1. The van der Waals surface area contributed by atoms with Gasteiger partial charge in [0.15, 0.2) is 0 Å². The lowest BCUT2D eigenvalue weighted by Crippen LogP contribution is -2.17. The van der Waals surface area contributed by atoms with Crippen molar-refractivity contribution in [3.05, 3.63) is 0 Å². The van der Waals surface area contributed by atoms with Gasteiger partial charge in [-0.3, -0.25) is 4.79 Å². The Morgan fingerprint density at radius 2 is 2.30 bits per heavy atom. The highest BCUT2D eigenvalue weighted by Gasteiger charge is 2.47. The molecule has 2 saturated carbocycles. The molecule has 2 bridgehead atoms. The highest BCUT2D eigenvalue weighted by atomic mass is 16.5. The summed E-state index contributed by atoms with van der Waals surface area (Å²) in [6.45, 7) is 0. The fourth-order valence-corrected chi connectivity index (χ4v) is 2.38. The van der Waals surface area contributed by atoms with E-state index in [1.165, 1.54) is 6.42 Å². The maximum Gasteiger partial charge on any atom is 0.138 e. The molecule has 2 fully saturated rings. The second kappa shape index (κ2) is 2.06. The van der Waals surface area contributed by atoms with Gasteiger partial charge in [-0.05, 0) is 18.8 Å². The lowest BCUT2D eigenvalue weighted by molar-refractivity contribution is -0.122. The Morgan fingerprint density at radius 3 is 2.60 bits per heavy atom. The van der Waals surface area contributed by atoms with Gasteiger partial charge >= 0.3 is 0 Å². The van der Waals surface area contributed by atoms with Gasteiger partial charge in [0.1, 0.15) is 5.78 Å². The molecule has 0 N–H and O–H groups in total. The summed E-state index contributed by atoms with van der Waals surface area (Å²) in [4.78, 5) is 11.1. The van der Waals surface area contributed by atoms with E-state index in [0.717, 1.165) is 12.8 Å².